The number of esters is 1. The maximum Gasteiger partial charge on any atom is 0.324 e. The first kappa shape index (κ1) is 11.7. The highest BCUT2D eigenvalue weighted by molar-refractivity contribution is 6.12. The van der Waals surface area contributed by atoms with Gasteiger partial charge in [0.1, 0.15) is 23.4 Å². The second-order valence-electron chi connectivity index (χ2n) is 4.25. The van der Waals surface area contributed by atoms with E-state index in [9.17, 15) is 4.79 Å². The first-order valence-electron chi connectivity index (χ1n) is 5.84. The van der Waals surface area contributed by atoms with E-state index in [0.717, 1.165) is 5.57 Å². The topological polar surface area (TPSA) is 83.6 Å². The third-order valence-electron chi connectivity index (χ3n) is 3.11. The summed E-state index contributed by atoms with van der Waals surface area (Å²) in [7, 11) is 0. The lowest BCUT2D eigenvalue weighted by Crippen LogP contribution is -2.35. The third kappa shape index (κ3) is 1.77. The van der Waals surface area contributed by atoms with Gasteiger partial charge in [-0.05, 0) is 22.9 Å². The fourth-order valence-corrected chi connectivity index (χ4v) is 2.19. The summed E-state index contributed by atoms with van der Waals surface area (Å²) in [5.41, 5.74) is 0.958. The van der Waals surface area contributed by atoms with Crippen LogP contribution in [-0.2, 0) is 9.53 Å². The van der Waals surface area contributed by atoms with Gasteiger partial charge in [-0.1, -0.05) is 24.3 Å². The number of rotatable bonds is 3. The molecule has 1 heterocycles. The van der Waals surface area contributed by atoms with Gasteiger partial charge in [0.2, 0.25) is 0 Å². The van der Waals surface area contributed by atoms with E-state index in [1.165, 1.54) is 0 Å². The van der Waals surface area contributed by atoms with Gasteiger partial charge in [-0.2, -0.15) is 0 Å². The van der Waals surface area contributed by atoms with Crippen molar-refractivity contribution in [2.45, 2.75) is 0 Å². The number of aliphatic hydroxyl groups is 1. The fourth-order valence-electron chi connectivity index (χ4n) is 2.19. The van der Waals surface area contributed by atoms with Crippen molar-refractivity contribution in [2.24, 2.45) is 20.9 Å². The van der Waals surface area contributed by atoms with Crippen LogP contribution in [0.2, 0.25) is 0 Å². The zero-order chi connectivity index (χ0) is 13.3. The lowest BCUT2D eigenvalue weighted by molar-refractivity contribution is -0.149. The Balaban J connectivity index is 2.03. The molecule has 3 aliphatic rings. The highest BCUT2D eigenvalue weighted by Gasteiger charge is 2.43. The number of nitrogens with zero attached hydrogens (tertiary/aromatic N) is 3. The lowest BCUT2D eigenvalue weighted by Gasteiger charge is -2.30. The minimum Gasteiger partial charge on any atom is -0.462 e. The van der Waals surface area contributed by atoms with Gasteiger partial charge in [-0.25, -0.2) is 0 Å². The van der Waals surface area contributed by atoms with Crippen LogP contribution < -0.4 is 0 Å². The molecule has 1 unspecified atom stereocenters. The van der Waals surface area contributed by atoms with Gasteiger partial charge < -0.3 is 9.84 Å². The summed E-state index contributed by atoms with van der Waals surface area (Å²) in [5, 5.41) is 20.1. The Morgan fingerprint density at radius 2 is 2.32 bits per heavy atom. The monoisotopic (exact) mass is 257 g/mol. The zero-order valence-corrected chi connectivity index (χ0v) is 9.98. The van der Waals surface area contributed by atoms with Crippen molar-refractivity contribution in [1.29, 1.82) is 0 Å². The van der Waals surface area contributed by atoms with Gasteiger partial charge >= 0.3 is 5.97 Å². The summed E-state index contributed by atoms with van der Waals surface area (Å²) >= 11 is 0. The highest BCUT2D eigenvalue weighted by atomic mass is 16.5. The van der Waals surface area contributed by atoms with Gasteiger partial charge in [-0.3, -0.25) is 4.79 Å². The number of carbonyl (C=O) groups is 1. The van der Waals surface area contributed by atoms with Gasteiger partial charge in [0, 0.05) is 0 Å². The lowest BCUT2D eigenvalue weighted by atomic mass is 9.73. The molecule has 1 aliphatic heterocycles. The van der Waals surface area contributed by atoms with Gasteiger partial charge in [0.05, 0.1) is 6.61 Å². The van der Waals surface area contributed by atoms with Crippen LogP contribution in [0, 0.1) is 5.41 Å². The van der Waals surface area contributed by atoms with E-state index in [1.807, 2.05) is 12.2 Å². The summed E-state index contributed by atoms with van der Waals surface area (Å²) < 4.78 is 5.07. The van der Waals surface area contributed by atoms with Gasteiger partial charge in [0.25, 0.3) is 0 Å². The first-order valence-corrected chi connectivity index (χ1v) is 5.84. The number of ether oxygens (including phenoxy) is 1. The molecule has 2 aliphatic carbocycles. The van der Waals surface area contributed by atoms with Gasteiger partial charge in [0.15, 0.2) is 0 Å². The molecular formula is C13H11N3O3. The van der Waals surface area contributed by atoms with E-state index in [2.05, 4.69) is 15.4 Å². The maximum absolute atomic E-state index is 12.3. The molecule has 0 bridgehead atoms. The van der Waals surface area contributed by atoms with E-state index in [4.69, 9.17) is 9.84 Å². The Bertz CT molecular complexity index is 611. The smallest absolute Gasteiger partial charge is 0.324 e. The molecule has 0 saturated heterocycles. The molecule has 1 N–H and O–H groups in total. The van der Waals surface area contributed by atoms with Crippen molar-refractivity contribution in [2.75, 3.05) is 13.2 Å². The largest absolute Gasteiger partial charge is 0.462 e. The molecule has 0 spiro atoms. The minimum absolute atomic E-state index is 0.0307. The predicted molar refractivity (Wildman–Crippen MR) is 67.2 cm³/mol. The number of allylic oxidation sites excluding steroid dienone is 4. The average Bonchev–Trinajstić information content (AvgIpc) is 2.88. The normalized spacial score (nSPS) is 26.3. The highest BCUT2D eigenvalue weighted by Crippen LogP contribution is 2.41. The van der Waals surface area contributed by atoms with E-state index in [-0.39, 0.29) is 13.2 Å². The molecule has 0 amide bonds. The summed E-state index contributed by atoms with van der Waals surface area (Å²) in [6.45, 7) is -0.236. The van der Waals surface area contributed by atoms with Crippen molar-refractivity contribution in [3.63, 3.8) is 0 Å². The Kier molecular flexibility index (Phi) is 2.72. The van der Waals surface area contributed by atoms with E-state index >= 15 is 0 Å². The van der Waals surface area contributed by atoms with Crippen LogP contribution in [0.5, 0.6) is 0 Å². The van der Waals surface area contributed by atoms with Gasteiger partial charge in [-0.15, -0.1) is 10.2 Å². The summed E-state index contributed by atoms with van der Waals surface area (Å²) in [5.74, 6) is -0.443. The van der Waals surface area contributed by atoms with Crippen LogP contribution in [0.25, 0.3) is 0 Å². The van der Waals surface area contributed by atoms with Crippen LogP contribution in [0.1, 0.15) is 0 Å². The molecule has 1 atom stereocenters. The zero-order valence-electron chi connectivity index (χ0n) is 9.98. The maximum atomic E-state index is 12.3. The second-order valence-corrected chi connectivity index (χ2v) is 4.25. The van der Waals surface area contributed by atoms with Crippen LogP contribution in [-0.4, -0.2) is 30.0 Å². The van der Waals surface area contributed by atoms with Crippen LogP contribution in [0.15, 0.2) is 63.2 Å². The Morgan fingerprint density at radius 1 is 1.42 bits per heavy atom. The summed E-state index contributed by atoms with van der Waals surface area (Å²) in [4.78, 5) is 12.3. The Morgan fingerprint density at radius 3 is 3.16 bits per heavy atom. The average molecular weight is 257 g/mol. The number of fused-ring (bicyclic) bond motifs is 2. The molecule has 3 rings (SSSR count). The number of hydrogen-bond acceptors (Lipinski definition) is 6. The van der Waals surface area contributed by atoms with Crippen LogP contribution in [0.4, 0.5) is 0 Å². The van der Waals surface area contributed by atoms with E-state index < -0.39 is 11.4 Å². The van der Waals surface area contributed by atoms with Crippen molar-refractivity contribution in [3.8, 4) is 0 Å². The molecule has 0 saturated carbocycles. The van der Waals surface area contributed by atoms with E-state index in [1.54, 1.807) is 24.3 Å². The quantitative estimate of drug-likeness (QED) is 0.773. The predicted octanol–water partition coefficient (Wildman–Crippen LogP) is 1.28. The Labute approximate surface area is 109 Å². The third-order valence-corrected chi connectivity index (χ3v) is 3.11. The molecule has 0 aromatic carbocycles. The standard InChI is InChI=1S/C13H11N3O3/c17-5-6-19-12(18)13-4-2-1-3-9(13)7-10-11(8-13)15-16-14-10/h1-4,7-8,17H,5-6H2. The van der Waals surface area contributed by atoms with Crippen molar-refractivity contribution >= 4 is 11.7 Å². The molecule has 6 nitrogen and oxygen atoms in total. The molecule has 6 heteroatoms. The minimum atomic E-state index is -0.998. The molecule has 96 valence electrons. The molecular weight excluding hydrogens is 246 g/mol. The second kappa shape index (κ2) is 4.40. The van der Waals surface area contributed by atoms with Crippen LogP contribution >= 0.6 is 0 Å². The molecule has 0 fully saturated rings. The number of carbonyl (C=O) groups excluding carboxylic acids is 1. The number of hydrogen-bond donors (Lipinski definition) is 1. The molecule has 0 radical (unpaired) electrons. The van der Waals surface area contributed by atoms with E-state index in [0.29, 0.717) is 11.4 Å². The Hall–Kier alpha value is -2.34. The molecule has 0 aromatic heterocycles. The molecule has 19 heavy (non-hydrogen) atoms. The number of aliphatic hydroxyl groups excluding tert-OH is 1. The van der Waals surface area contributed by atoms with Crippen LogP contribution in [0.3, 0.4) is 0 Å². The summed E-state index contributed by atoms with van der Waals surface area (Å²) in [6, 6.07) is 0. The molecule has 0 aromatic rings. The SMILES string of the molecule is O=C(OCCO)C12C=CC=CC1=CC1=NN=NC1=C2. The van der Waals surface area contributed by atoms with Crippen molar-refractivity contribution in [3.05, 3.63) is 47.7 Å². The fraction of sp³-hybridized carbons (Fsp3) is 0.231. The van der Waals surface area contributed by atoms with Crippen molar-refractivity contribution < 1.29 is 14.6 Å². The first-order chi connectivity index (χ1) is 9.26. The van der Waals surface area contributed by atoms with Crippen molar-refractivity contribution in [1.82, 2.24) is 0 Å². The summed E-state index contributed by atoms with van der Waals surface area (Å²) in [6.07, 6.45) is 10.7.